The Morgan fingerprint density at radius 1 is 1.33 bits per heavy atom. The van der Waals surface area contributed by atoms with Gasteiger partial charge in [0.25, 0.3) is 0 Å². The van der Waals surface area contributed by atoms with Gasteiger partial charge in [-0.15, -0.1) is 6.58 Å². The first-order valence-electron chi connectivity index (χ1n) is 9.14. The number of aliphatic hydroxyl groups is 1. The summed E-state index contributed by atoms with van der Waals surface area (Å²) in [4.78, 5) is 6.92. The van der Waals surface area contributed by atoms with Crippen molar-refractivity contribution in [3.8, 4) is 6.07 Å². The Bertz CT molecular complexity index is 1070. The number of benzene rings is 1. The van der Waals surface area contributed by atoms with Crippen molar-refractivity contribution in [3.63, 3.8) is 0 Å². The van der Waals surface area contributed by atoms with E-state index in [9.17, 15) is 10.4 Å². The maximum Gasteiger partial charge on any atom is 0.155 e. The second kappa shape index (κ2) is 6.90. The lowest BCUT2D eigenvalue weighted by molar-refractivity contribution is 0.282. The maximum atomic E-state index is 9.94. The normalized spacial score (nSPS) is 13.4. The number of anilines is 1. The van der Waals surface area contributed by atoms with Crippen LogP contribution in [0.4, 0.5) is 5.82 Å². The number of pyridine rings is 1. The minimum atomic E-state index is -0.0658. The molecule has 4 rings (SSSR count). The van der Waals surface area contributed by atoms with Crippen LogP contribution in [0, 0.1) is 18.3 Å². The van der Waals surface area contributed by atoms with Gasteiger partial charge < -0.3 is 14.6 Å². The van der Waals surface area contributed by atoms with Crippen LogP contribution < -0.4 is 4.90 Å². The largest absolute Gasteiger partial charge is 0.392 e. The summed E-state index contributed by atoms with van der Waals surface area (Å²) >= 11 is 0. The van der Waals surface area contributed by atoms with Crippen LogP contribution in [-0.2, 0) is 26.1 Å². The number of allylic oxidation sites excluding steroid dienone is 1. The topological polar surface area (TPSA) is 65.1 Å². The summed E-state index contributed by atoms with van der Waals surface area (Å²) in [5, 5.41) is 20.3. The molecular weight excluding hydrogens is 336 g/mol. The average Bonchev–Trinajstić information content (AvgIpc) is 2.98. The zero-order valence-corrected chi connectivity index (χ0v) is 15.4. The van der Waals surface area contributed by atoms with Gasteiger partial charge in [-0.1, -0.05) is 30.3 Å². The van der Waals surface area contributed by atoms with Crippen LogP contribution in [0.15, 0.2) is 43.0 Å². The summed E-state index contributed by atoms with van der Waals surface area (Å²) in [7, 11) is 0. The second-order valence-corrected chi connectivity index (χ2v) is 6.90. The molecule has 2 aromatic heterocycles. The molecule has 1 aliphatic rings. The minimum Gasteiger partial charge on any atom is -0.392 e. The molecule has 136 valence electrons. The smallest absolute Gasteiger partial charge is 0.155 e. The molecule has 0 fully saturated rings. The van der Waals surface area contributed by atoms with Crippen molar-refractivity contribution in [3.05, 3.63) is 71.1 Å². The first-order chi connectivity index (χ1) is 13.2. The van der Waals surface area contributed by atoms with Gasteiger partial charge in [0.15, 0.2) is 5.82 Å². The van der Waals surface area contributed by atoms with Crippen molar-refractivity contribution in [1.82, 2.24) is 9.55 Å². The summed E-state index contributed by atoms with van der Waals surface area (Å²) in [6, 6.07) is 12.4. The fraction of sp³-hybridized carbons (Fsp3) is 0.273. The van der Waals surface area contributed by atoms with E-state index in [0.29, 0.717) is 12.2 Å². The van der Waals surface area contributed by atoms with Crippen molar-refractivity contribution in [1.29, 1.82) is 5.26 Å². The van der Waals surface area contributed by atoms with Crippen LogP contribution >= 0.6 is 0 Å². The quantitative estimate of drug-likeness (QED) is 0.726. The van der Waals surface area contributed by atoms with Gasteiger partial charge in [-0.05, 0) is 30.5 Å². The number of fused-ring (bicyclic) bond motifs is 2. The lowest BCUT2D eigenvalue weighted by Gasteiger charge is -2.30. The van der Waals surface area contributed by atoms with Crippen molar-refractivity contribution in [2.24, 2.45) is 0 Å². The molecule has 3 aromatic rings. The molecule has 0 spiro atoms. The van der Waals surface area contributed by atoms with Gasteiger partial charge in [-0.3, -0.25) is 0 Å². The van der Waals surface area contributed by atoms with Gasteiger partial charge >= 0.3 is 0 Å². The highest BCUT2D eigenvalue weighted by molar-refractivity contribution is 5.94. The first kappa shape index (κ1) is 17.3. The van der Waals surface area contributed by atoms with E-state index in [2.05, 4.69) is 51.4 Å². The predicted molar refractivity (Wildman–Crippen MR) is 107 cm³/mol. The van der Waals surface area contributed by atoms with E-state index in [1.54, 1.807) is 6.07 Å². The molecule has 0 saturated carbocycles. The van der Waals surface area contributed by atoms with E-state index in [1.807, 2.05) is 13.0 Å². The van der Waals surface area contributed by atoms with Gasteiger partial charge in [0.05, 0.1) is 12.1 Å². The lowest BCUT2D eigenvalue weighted by Crippen LogP contribution is -2.31. The maximum absolute atomic E-state index is 9.94. The minimum absolute atomic E-state index is 0.0658. The summed E-state index contributed by atoms with van der Waals surface area (Å²) in [6.45, 7) is 8.05. The third-order valence-corrected chi connectivity index (χ3v) is 5.43. The Labute approximate surface area is 158 Å². The SMILES string of the molecule is C=CCn1c(C)c(CO)c2cc(C#N)nc(N3CCc4ccccc4C3)c21. The van der Waals surface area contributed by atoms with Gasteiger partial charge in [0, 0.05) is 36.3 Å². The molecular formula is C22H22N4O. The van der Waals surface area contributed by atoms with Crippen LogP contribution in [-0.4, -0.2) is 21.2 Å². The fourth-order valence-electron chi connectivity index (χ4n) is 4.06. The Morgan fingerprint density at radius 2 is 2.11 bits per heavy atom. The summed E-state index contributed by atoms with van der Waals surface area (Å²) in [6.07, 6.45) is 2.80. The molecule has 1 aliphatic heterocycles. The number of nitriles is 1. The first-order valence-corrected chi connectivity index (χ1v) is 9.14. The van der Waals surface area contributed by atoms with Gasteiger partial charge in [-0.25, -0.2) is 4.98 Å². The van der Waals surface area contributed by atoms with E-state index in [-0.39, 0.29) is 6.61 Å². The van der Waals surface area contributed by atoms with E-state index >= 15 is 0 Å². The number of hydrogen-bond acceptors (Lipinski definition) is 4. The summed E-state index contributed by atoms with van der Waals surface area (Å²) < 4.78 is 2.14. The number of hydrogen-bond donors (Lipinski definition) is 1. The molecule has 0 aliphatic carbocycles. The molecule has 0 saturated heterocycles. The standard InChI is InChI=1S/C22H22N4O/c1-3-9-26-15(2)20(14-27)19-11-18(12-23)24-22(21(19)26)25-10-8-16-6-4-5-7-17(16)13-25/h3-7,11,27H,1,8-10,13-14H2,2H3. The Balaban J connectivity index is 1.94. The Hall–Kier alpha value is -3.10. The van der Waals surface area contributed by atoms with E-state index < -0.39 is 0 Å². The van der Waals surface area contributed by atoms with Crippen molar-refractivity contribution >= 4 is 16.7 Å². The van der Waals surface area contributed by atoms with E-state index in [1.165, 1.54) is 11.1 Å². The van der Waals surface area contributed by atoms with Crippen LogP contribution in [0.25, 0.3) is 10.9 Å². The van der Waals surface area contributed by atoms with Crippen LogP contribution in [0.2, 0.25) is 0 Å². The van der Waals surface area contributed by atoms with Crippen LogP contribution in [0.5, 0.6) is 0 Å². The molecule has 0 amide bonds. The molecule has 0 bridgehead atoms. The summed E-state index contributed by atoms with van der Waals surface area (Å²) in [5.74, 6) is 0.809. The van der Waals surface area contributed by atoms with Crippen molar-refractivity contribution < 1.29 is 5.11 Å². The molecule has 0 atom stereocenters. The van der Waals surface area contributed by atoms with Crippen molar-refractivity contribution in [2.45, 2.75) is 33.0 Å². The summed E-state index contributed by atoms with van der Waals surface area (Å²) in [5.41, 5.74) is 5.85. The number of aromatic nitrogens is 2. The van der Waals surface area contributed by atoms with Gasteiger partial charge in [0.1, 0.15) is 11.8 Å². The molecule has 1 aromatic carbocycles. The van der Waals surface area contributed by atoms with E-state index in [4.69, 9.17) is 0 Å². The third kappa shape index (κ3) is 2.79. The van der Waals surface area contributed by atoms with Crippen LogP contribution in [0.3, 0.4) is 0 Å². The zero-order valence-electron chi connectivity index (χ0n) is 15.4. The second-order valence-electron chi connectivity index (χ2n) is 6.90. The fourth-order valence-corrected chi connectivity index (χ4v) is 4.06. The van der Waals surface area contributed by atoms with Crippen molar-refractivity contribution in [2.75, 3.05) is 11.4 Å². The van der Waals surface area contributed by atoms with E-state index in [0.717, 1.165) is 47.5 Å². The Kier molecular flexibility index (Phi) is 4.43. The number of rotatable bonds is 4. The molecule has 1 N–H and O–H groups in total. The third-order valence-electron chi connectivity index (χ3n) is 5.43. The average molecular weight is 358 g/mol. The molecule has 5 nitrogen and oxygen atoms in total. The predicted octanol–water partition coefficient (Wildman–Crippen LogP) is 3.46. The lowest BCUT2D eigenvalue weighted by atomic mass is 10.00. The number of aliphatic hydroxyl groups excluding tert-OH is 1. The van der Waals surface area contributed by atoms with Gasteiger partial charge in [-0.2, -0.15) is 5.26 Å². The molecule has 5 heteroatoms. The molecule has 0 radical (unpaired) electrons. The van der Waals surface area contributed by atoms with Crippen LogP contribution in [0.1, 0.15) is 28.1 Å². The Morgan fingerprint density at radius 3 is 2.81 bits per heavy atom. The zero-order chi connectivity index (χ0) is 19.0. The molecule has 3 heterocycles. The highest BCUT2D eigenvalue weighted by atomic mass is 16.3. The monoisotopic (exact) mass is 358 g/mol. The molecule has 0 unspecified atom stereocenters. The molecule has 27 heavy (non-hydrogen) atoms. The van der Waals surface area contributed by atoms with Gasteiger partial charge in [0.2, 0.25) is 0 Å². The number of nitrogens with zero attached hydrogens (tertiary/aromatic N) is 4. The highest BCUT2D eigenvalue weighted by Gasteiger charge is 2.24. The highest BCUT2D eigenvalue weighted by Crippen LogP contribution is 2.35.